The summed E-state index contributed by atoms with van der Waals surface area (Å²) in [6, 6.07) is 1.61. The van der Waals surface area contributed by atoms with E-state index < -0.39 is 10.0 Å². The van der Waals surface area contributed by atoms with Crippen molar-refractivity contribution < 1.29 is 8.42 Å². The standard InChI is InChI=1S/C10H13N5O2S2/c11-5-8-9(1-4-18-8)19(16,17)15-3-2-14-7-12-13-10(14)6-15/h1,4,7H,2-3,5-6,11H2. The van der Waals surface area contributed by atoms with Gasteiger partial charge in [0.15, 0.2) is 0 Å². The molecule has 2 aromatic rings. The molecule has 0 aromatic carbocycles. The molecule has 0 saturated carbocycles. The number of thiophene rings is 1. The van der Waals surface area contributed by atoms with Gasteiger partial charge in [0.05, 0.1) is 11.4 Å². The highest BCUT2D eigenvalue weighted by Crippen LogP contribution is 2.26. The number of nitrogens with two attached hydrogens (primary N) is 1. The molecule has 0 bridgehead atoms. The molecule has 102 valence electrons. The van der Waals surface area contributed by atoms with Crippen LogP contribution < -0.4 is 5.73 Å². The van der Waals surface area contributed by atoms with Crippen LogP contribution in [0, 0.1) is 0 Å². The Bertz CT molecular complexity index is 690. The molecule has 2 N–H and O–H groups in total. The van der Waals surface area contributed by atoms with Crippen molar-refractivity contribution in [3.8, 4) is 0 Å². The Morgan fingerprint density at radius 2 is 2.26 bits per heavy atom. The van der Waals surface area contributed by atoms with Crippen LogP contribution in [0.3, 0.4) is 0 Å². The maximum atomic E-state index is 12.6. The second-order valence-corrected chi connectivity index (χ2v) is 7.10. The zero-order valence-electron chi connectivity index (χ0n) is 10.1. The van der Waals surface area contributed by atoms with Crippen LogP contribution in [0.15, 0.2) is 22.7 Å². The van der Waals surface area contributed by atoms with Crippen molar-refractivity contribution >= 4 is 21.4 Å². The molecule has 1 aliphatic heterocycles. The predicted molar refractivity (Wildman–Crippen MR) is 69.8 cm³/mol. The largest absolute Gasteiger partial charge is 0.326 e. The first-order valence-corrected chi connectivity index (χ1v) is 8.08. The minimum Gasteiger partial charge on any atom is -0.326 e. The molecule has 19 heavy (non-hydrogen) atoms. The summed E-state index contributed by atoms with van der Waals surface area (Å²) in [5, 5.41) is 9.47. The molecule has 0 amide bonds. The van der Waals surface area contributed by atoms with Crippen LogP contribution in [0.25, 0.3) is 0 Å². The van der Waals surface area contributed by atoms with Gasteiger partial charge in [-0.1, -0.05) is 0 Å². The lowest BCUT2D eigenvalue weighted by Crippen LogP contribution is -2.38. The first-order valence-electron chi connectivity index (χ1n) is 5.76. The third-order valence-electron chi connectivity index (χ3n) is 3.11. The number of sulfonamides is 1. The van der Waals surface area contributed by atoms with Gasteiger partial charge in [0.1, 0.15) is 12.2 Å². The zero-order valence-corrected chi connectivity index (χ0v) is 11.7. The van der Waals surface area contributed by atoms with Crippen molar-refractivity contribution in [3.05, 3.63) is 28.5 Å². The number of aromatic nitrogens is 3. The number of nitrogens with zero attached hydrogens (tertiary/aromatic N) is 4. The lowest BCUT2D eigenvalue weighted by Gasteiger charge is -2.26. The van der Waals surface area contributed by atoms with Gasteiger partial charge in [-0.15, -0.1) is 21.5 Å². The minimum atomic E-state index is -3.50. The summed E-state index contributed by atoms with van der Waals surface area (Å²) in [6.45, 7) is 1.48. The molecule has 0 radical (unpaired) electrons. The summed E-state index contributed by atoms with van der Waals surface area (Å²) in [6.07, 6.45) is 1.62. The van der Waals surface area contributed by atoms with Crippen LogP contribution in [0.5, 0.6) is 0 Å². The second-order valence-electron chi connectivity index (χ2n) is 4.19. The van der Waals surface area contributed by atoms with E-state index in [1.807, 2.05) is 4.57 Å². The predicted octanol–water partition coefficient (Wildman–Crippen LogP) is 0.00280. The SMILES string of the molecule is NCc1sccc1S(=O)(=O)N1CCn2cnnc2C1. The maximum Gasteiger partial charge on any atom is 0.244 e. The Kier molecular flexibility index (Phi) is 3.13. The van der Waals surface area contributed by atoms with Crippen LogP contribution in [0.1, 0.15) is 10.7 Å². The van der Waals surface area contributed by atoms with Gasteiger partial charge >= 0.3 is 0 Å². The molecule has 0 atom stereocenters. The van der Waals surface area contributed by atoms with E-state index in [1.54, 1.807) is 17.8 Å². The molecule has 0 unspecified atom stereocenters. The first kappa shape index (κ1) is 12.7. The fourth-order valence-corrected chi connectivity index (χ4v) is 4.79. The molecule has 3 rings (SSSR count). The number of rotatable bonds is 3. The summed E-state index contributed by atoms with van der Waals surface area (Å²) in [5.41, 5.74) is 5.58. The molecular formula is C10H13N5O2S2. The van der Waals surface area contributed by atoms with Gasteiger partial charge in [-0.25, -0.2) is 8.42 Å². The van der Waals surface area contributed by atoms with E-state index >= 15 is 0 Å². The molecule has 0 saturated heterocycles. The van der Waals surface area contributed by atoms with Crippen LogP contribution in [-0.2, 0) is 29.7 Å². The lowest BCUT2D eigenvalue weighted by molar-refractivity contribution is 0.335. The van der Waals surface area contributed by atoms with E-state index in [0.717, 1.165) is 0 Å². The van der Waals surface area contributed by atoms with E-state index in [-0.39, 0.29) is 13.1 Å². The molecular weight excluding hydrogens is 286 g/mol. The summed E-state index contributed by atoms with van der Waals surface area (Å²) >= 11 is 1.36. The monoisotopic (exact) mass is 299 g/mol. The van der Waals surface area contributed by atoms with Crippen LogP contribution in [-0.4, -0.2) is 34.0 Å². The Balaban J connectivity index is 1.94. The van der Waals surface area contributed by atoms with Gasteiger partial charge in [0, 0.05) is 24.5 Å². The third-order valence-corrected chi connectivity index (χ3v) is 6.11. The zero-order chi connectivity index (χ0) is 13.5. The molecule has 0 spiro atoms. The van der Waals surface area contributed by atoms with Crippen molar-refractivity contribution in [2.75, 3.05) is 6.54 Å². The van der Waals surface area contributed by atoms with Gasteiger partial charge in [-0.05, 0) is 11.4 Å². The van der Waals surface area contributed by atoms with Gasteiger partial charge in [0.25, 0.3) is 0 Å². The average Bonchev–Trinajstić information content (AvgIpc) is 3.06. The van der Waals surface area contributed by atoms with Crippen molar-refractivity contribution in [1.29, 1.82) is 0 Å². The number of hydrogen-bond donors (Lipinski definition) is 1. The molecule has 0 aliphatic carbocycles. The highest BCUT2D eigenvalue weighted by molar-refractivity contribution is 7.89. The van der Waals surface area contributed by atoms with Gasteiger partial charge in [-0.3, -0.25) is 0 Å². The van der Waals surface area contributed by atoms with E-state index in [0.29, 0.717) is 28.7 Å². The van der Waals surface area contributed by atoms with Crippen LogP contribution >= 0.6 is 11.3 Å². The Hall–Kier alpha value is -1.29. The van der Waals surface area contributed by atoms with E-state index in [2.05, 4.69) is 10.2 Å². The Morgan fingerprint density at radius 3 is 3.05 bits per heavy atom. The van der Waals surface area contributed by atoms with Crippen molar-refractivity contribution in [1.82, 2.24) is 19.1 Å². The highest BCUT2D eigenvalue weighted by atomic mass is 32.2. The Labute approximate surface area is 114 Å². The quantitative estimate of drug-likeness (QED) is 0.861. The summed E-state index contributed by atoms with van der Waals surface area (Å²) in [4.78, 5) is 1.00. The molecule has 1 aliphatic rings. The van der Waals surface area contributed by atoms with Crippen molar-refractivity contribution in [2.45, 2.75) is 24.5 Å². The fourth-order valence-electron chi connectivity index (χ4n) is 2.10. The summed E-state index contributed by atoms with van der Waals surface area (Å²) in [7, 11) is -3.50. The summed E-state index contributed by atoms with van der Waals surface area (Å²) < 4.78 is 28.5. The van der Waals surface area contributed by atoms with Crippen LogP contribution in [0.2, 0.25) is 0 Å². The lowest BCUT2D eigenvalue weighted by atomic mass is 10.4. The van der Waals surface area contributed by atoms with E-state index in [9.17, 15) is 8.42 Å². The average molecular weight is 299 g/mol. The second kappa shape index (κ2) is 4.67. The number of fused-ring (bicyclic) bond motifs is 1. The fraction of sp³-hybridized carbons (Fsp3) is 0.400. The molecule has 3 heterocycles. The maximum absolute atomic E-state index is 12.6. The normalized spacial score (nSPS) is 16.5. The molecule has 0 fully saturated rings. The topological polar surface area (TPSA) is 94.1 Å². The summed E-state index contributed by atoms with van der Waals surface area (Å²) in [5.74, 6) is 0.666. The van der Waals surface area contributed by atoms with Gasteiger partial charge in [-0.2, -0.15) is 4.31 Å². The minimum absolute atomic E-state index is 0.232. The van der Waals surface area contributed by atoms with Gasteiger partial charge < -0.3 is 10.3 Å². The molecule has 7 nitrogen and oxygen atoms in total. The third kappa shape index (κ3) is 2.08. The molecule has 2 aromatic heterocycles. The molecule has 9 heteroatoms. The Morgan fingerprint density at radius 1 is 1.42 bits per heavy atom. The highest BCUT2D eigenvalue weighted by Gasteiger charge is 2.31. The first-order chi connectivity index (χ1) is 9.13. The van der Waals surface area contributed by atoms with E-state index in [1.165, 1.54) is 15.6 Å². The van der Waals surface area contributed by atoms with Gasteiger partial charge in [0.2, 0.25) is 10.0 Å². The van der Waals surface area contributed by atoms with Crippen LogP contribution in [0.4, 0.5) is 0 Å². The van der Waals surface area contributed by atoms with E-state index in [4.69, 9.17) is 5.73 Å². The van der Waals surface area contributed by atoms with Crippen molar-refractivity contribution in [3.63, 3.8) is 0 Å². The van der Waals surface area contributed by atoms with Crippen molar-refractivity contribution in [2.24, 2.45) is 5.73 Å². The number of hydrogen-bond acceptors (Lipinski definition) is 6. The smallest absolute Gasteiger partial charge is 0.244 e.